The predicted molar refractivity (Wildman–Crippen MR) is 113 cm³/mol. The zero-order valence-corrected chi connectivity index (χ0v) is 18.0. The Morgan fingerprint density at radius 1 is 1.46 bits per heavy atom. The number of aryl methyl sites for hydroxylation is 1. The molecule has 0 bridgehead atoms. The Morgan fingerprint density at radius 3 is 2.71 bits per heavy atom. The van der Waals surface area contributed by atoms with Gasteiger partial charge in [-0.2, -0.15) is 0 Å². The molecule has 0 aliphatic rings. The zero-order valence-electron chi connectivity index (χ0n) is 14.1. The molecule has 0 unspecified atom stereocenters. The summed E-state index contributed by atoms with van der Waals surface area (Å²) in [5.74, 6) is 1.36. The highest BCUT2D eigenvalue weighted by Crippen LogP contribution is 2.27. The summed E-state index contributed by atoms with van der Waals surface area (Å²) in [7, 11) is 1.57. The van der Waals surface area contributed by atoms with E-state index in [9.17, 15) is 0 Å². The Kier molecular flexibility index (Phi) is 8.24. The average Bonchev–Trinajstić information content (AvgIpc) is 2.87. The van der Waals surface area contributed by atoms with Gasteiger partial charge < -0.3 is 15.8 Å². The number of hydrogen-bond acceptors (Lipinski definition) is 4. The number of benzene rings is 1. The lowest BCUT2D eigenvalue weighted by Gasteiger charge is -2.08. The van der Waals surface area contributed by atoms with E-state index in [4.69, 9.17) is 22.1 Å². The lowest BCUT2D eigenvalue weighted by molar-refractivity contribution is 0.415. The molecule has 3 N–H and O–H groups in total. The first-order valence-electron chi connectivity index (χ1n) is 7.27. The van der Waals surface area contributed by atoms with Crippen LogP contribution >= 0.6 is 46.9 Å². The molecule has 0 spiro atoms. The van der Waals surface area contributed by atoms with E-state index in [1.54, 1.807) is 30.6 Å². The van der Waals surface area contributed by atoms with Crippen molar-refractivity contribution in [2.24, 2.45) is 10.7 Å². The molecule has 2 rings (SSSR count). The van der Waals surface area contributed by atoms with Crippen molar-refractivity contribution in [3.05, 3.63) is 38.8 Å². The first kappa shape index (κ1) is 21.0. The van der Waals surface area contributed by atoms with Crippen molar-refractivity contribution < 1.29 is 4.74 Å². The third-order valence-electron chi connectivity index (χ3n) is 3.23. The predicted octanol–water partition coefficient (Wildman–Crippen LogP) is 4.78. The van der Waals surface area contributed by atoms with Crippen molar-refractivity contribution in [1.29, 1.82) is 0 Å². The minimum atomic E-state index is 0. The smallest absolute Gasteiger partial charge is 0.193 e. The van der Waals surface area contributed by atoms with E-state index < -0.39 is 0 Å². The van der Waals surface area contributed by atoms with E-state index in [1.165, 1.54) is 4.88 Å². The summed E-state index contributed by atoms with van der Waals surface area (Å²) < 4.78 is 5.11. The molecule has 5 nitrogen and oxygen atoms in total. The van der Waals surface area contributed by atoms with Crippen molar-refractivity contribution >= 4 is 58.6 Å². The average molecular weight is 481 g/mol. The number of hydrogen-bond donors (Lipinski definition) is 2. The van der Waals surface area contributed by atoms with E-state index in [-0.39, 0.29) is 24.0 Å². The van der Waals surface area contributed by atoms with Gasteiger partial charge in [0.05, 0.1) is 24.4 Å². The topological polar surface area (TPSA) is 72.5 Å². The molecule has 0 saturated carbocycles. The highest BCUT2D eigenvalue weighted by atomic mass is 127. The fraction of sp³-hybridized carbons (Fsp3) is 0.375. The molecule has 24 heavy (non-hydrogen) atoms. The minimum Gasteiger partial charge on any atom is -0.495 e. The third-order valence-corrected chi connectivity index (χ3v) is 4.50. The Morgan fingerprint density at radius 2 is 2.17 bits per heavy atom. The quantitative estimate of drug-likeness (QED) is 0.367. The minimum absolute atomic E-state index is 0. The monoisotopic (exact) mass is 480 g/mol. The molecule has 132 valence electrons. The molecule has 0 saturated heterocycles. The molecule has 2 aromatic rings. The number of guanidine groups is 1. The number of aromatic nitrogens is 1. The Labute approximate surface area is 168 Å². The molecule has 0 fully saturated rings. The lowest BCUT2D eigenvalue weighted by Crippen LogP contribution is -2.22. The second-order valence-electron chi connectivity index (χ2n) is 5.38. The van der Waals surface area contributed by atoms with Crippen molar-refractivity contribution in [2.45, 2.75) is 33.2 Å². The second kappa shape index (κ2) is 9.43. The van der Waals surface area contributed by atoms with E-state index in [0.29, 0.717) is 29.2 Å². The largest absolute Gasteiger partial charge is 0.495 e. The maximum Gasteiger partial charge on any atom is 0.193 e. The first-order chi connectivity index (χ1) is 10.9. The number of nitrogens with two attached hydrogens (primary N) is 1. The lowest BCUT2D eigenvalue weighted by atomic mass is 10.1. The van der Waals surface area contributed by atoms with E-state index in [0.717, 1.165) is 16.4 Å². The molecule has 1 heterocycles. The van der Waals surface area contributed by atoms with Crippen LogP contribution in [0.3, 0.4) is 0 Å². The van der Waals surface area contributed by atoms with Crippen molar-refractivity contribution in [1.82, 2.24) is 4.98 Å². The van der Waals surface area contributed by atoms with E-state index >= 15 is 0 Å². The number of nitrogens with zero attached hydrogens (tertiary/aromatic N) is 2. The van der Waals surface area contributed by atoms with Gasteiger partial charge in [0.2, 0.25) is 0 Å². The Hall–Kier alpha value is -1.06. The Balaban J connectivity index is 0.00000288. The van der Waals surface area contributed by atoms with Gasteiger partial charge in [-0.3, -0.25) is 0 Å². The molecule has 0 aliphatic heterocycles. The number of ether oxygens (including phenoxy) is 1. The maximum absolute atomic E-state index is 6.08. The Bertz CT molecular complexity index is 718. The van der Waals surface area contributed by atoms with Gasteiger partial charge in [0.1, 0.15) is 10.8 Å². The summed E-state index contributed by atoms with van der Waals surface area (Å²) in [4.78, 5) is 10.2. The second-order valence-corrected chi connectivity index (χ2v) is 7.07. The number of methoxy groups -OCH3 is 1. The zero-order chi connectivity index (χ0) is 17.0. The molecule has 0 radical (unpaired) electrons. The van der Waals surface area contributed by atoms with Gasteiger partial charge in [0.15, 0.2) is 5.96 Å². The number of thiazole rings is 1. The van der Waals surface area contributed by atoms with Gasteiger partial charge in [-0.25, -0.2) is 9.98 Å². The molecule has 0 atom stereocenters. The summed E-state index contributed by atoms with van der Waals surface area (Å²) in [6.07, 6.45) is 0. The van der Waals surface area contributed by atoms with Crippen LogP contribution in [0.15, 0.2) is 23.2 Å². The van der Waals surface area contributed by atoms with Crippen LogP contribution in [0.5, 0.6) is 5.75 Å². The van der Waals surface area contributed by atoms with E-state index in [1.807, 2.05) is 6.07 Å². The molecule has 8 heteroatoms. The van der Waals surface area contributed by atoms with Crippen LogP contribution in [0.25, 0.3) is 0 Å². The van der Waals surface area contributed by atoms with Crippen LogP contribution in [-0.2, 0) is 6.54 Å². The van der Waals surface area contributed by atoms with Crippen molar-refractivity contribution in [2.75, 3.05) is 12.4 Å². The van der Waals surface area contributed by atoms with Gasteiger partial charge in [0, 0.05) is 10.6 Å². The summed E-state index contributed by atoms with van der Waals surface area (Å²) >= 11 is 7.74. The maximum atomic E-state index is 6.08. The summed E-state index contributed by atoms with van der Waals surface area (Å²) in [6, 6.07) is 5.35. The first-order valence-corrected chi connectivity index (χ1v) is 8.46. The molecule has 0 amide bonds. The molecule has 1 aromatic heterocycles. The van der Waals surface area contributed by atoms with Crippen LogP contribution in [0.2, 0.25) is 5.02 Å². The SMILES string of the molecule is COc1ccc(NC(N)=NCc2nc(C(C)C)c(C)s2)cc1Cl.I. The van der Waals surface area contributed by atoms with Crippen molar-refractivity contribution in [3.8, 4) is 5.75 Å². The summed E-state index contributed by atoms with van der Waals surface area (Å²) in [5, 5.41) is 4.49. The summed E-state index contributed by atoms with van der Waals surface area (Å²) in [6.45, 7) is 6.82. The number of aliphatic imine (C=N–C) groups is 1. The molecule has 0 aliphatic carbocycles. The summed E-state index contributed by atoms with van der Waals surface area (Å²) in [5.41, 5.74) is 7.81. The van der Waals surface area contributed by atoms with Crippen molar-refractivity contribution in [3.63, 3.8) is 0 Å². The van der Waals surface area contributed by atoms with Gasteiger partial charge in [-0.15, -0.1) is 35.3 Å². The van der Waals surface area contributed by atoms with Crippen LogP contribution in [0.1, 0.15) is 35.3 Å². The standard InChI is InChI=1S/C16H21ClN4OS.HI/c1-9(2)15-10(3)23-14(21-15)8-19-16(18)20-11-5-6-13(22-4)12(17)7-11;/h5-7,9H,8H2,1-4H3,(H3,18,19,20);1H. The van der Waals surface area contributed by atoms with E-state index in [2.05, 4.69) is 36.1 Å². The fourth-order valence-corrected chi connectivity index (χ4v) is 3.42. The van der Waals surface area contributed by atoms with Crippen LogP contribution in [0.4, 0.5) is 5.69 Å². The number of halogens is 2. The fourth-order valence-electron chi connectivity index (χ4n) is 2.15. The molecule has 1 aromatic carbocycles. The third kappa shape index (κ3) is 5.49. The highest BCUT2D eigenvalue weighted by Gasteiger charge is 2.10. The normalized spacial score (nSPS) is 11.3. The molecular formula is C16H22ClIN4OS. The van der Waals surface area contributed by atoms with Crippen LogP contribution in [-0.4, -0.2) is 18.1 Å². The number of nitrogens with one attached hydrogen (secondary N) is 1. The van der Waals surface area contributed by atoms with Crippen LogP contribution < -0.4 is 15.8 Å². The number of rotatable bonds is 5. The van der Waals surface area contributed by atoms with Gasteiger partial charge in [-0.1, -0.05) is 25.4 Å². The van der Waals surface area contributed by atoms with Gasteiger partial charge in [-0.05, 0) is 31.0 Å². The van der Waals surface area contributed by atoms with Gasteiger partial charge in [0.25, 0.3) is 0 Å². The van der Waals surface area contributed by atoms with Gasteiger partial charge >= 0.3 is 0 Å². The number of anilines is 1. The van der Waals surface area contributed by atoms with Crippen LogP contribution in [0, 0.1) is 6.92 Å². The molecular weight excluding hydrogens is 459 g/mol. The highest BCUT2D eigenvalue weighted by molar-refractivity contribution is 14.0.